The molecule has 0 bridgehead atoms. The molecule has 2 rings (SSSR count). The van der Waals surface area contributed by atoms with Gasteiger partial charge in [0.15, 0.2) is 0 Å². The molecule has 0 atom stereocenters. The van der Waals surface area contributed by atoms with Crippen molar-refractivity contribution in [2.45, 2.75) is 25.7 Å². The van der Waals surface area contributed by atoms with E-state index in [1.54, 1.807) is 0 Å². The maximum Gasteiger partial charge on any atom is 0.245 e. The fourth-order valence-electron chi connectivity index (χ4n) is 2.63. The first-order chi connectivity index (χ1) is 7.26. The smallest absolute Gasteiger partial charge is 0.245 e. The Morgan fingerprint density at radius 1 is 1.20 bits per heavy atom. The second-order valence-electron chi connectivity index (χ2n) is 4.64. The highest BCUT2D eigenvalue weighted by Crippen LogP contribution is 2.40. The lowest BCUT2D eigenvalue weighted by Gasteiger charge is -2.43. The Bertz CT molecular complexity index is 246. The van der Waals surface area contributed by atoms with Gasteiger partial charge in [-0.2, -0.15) is 0 Å². The molecular weight excluding hydrogens is 190 g/mol. The van der Waals surface area contributed by atoms with E-state index in [0.717, 1.165) is 39.1 Å². The molecule has 0 unspecified atom stereocenters. The summed E-state index contributed by atoms with van der Waals surface area (Å²) < 4.78 is 5.40. The van der Waals surface area contributed by atoms with Crippen LogP contribution in [0.1, 0.15) is 25.7 Å². The molecule has 1 spiro atoms. The zero-order chi connectivity index (χ0) is 10.7. The molecule has 0 aliphatic carbocycles. The maximum atomic E-state index is 11.4. The van der Waals surface area contributed by atoms with Crippen molar-refractivity contribution < 1.29 is 9.53 Å². The first-order valence-corrected chi connectivity index (χ1v) is 5.75. The van der Waals surface area contributed by atoms with Gasteiger partial charge < -0.3 is 9.64 Å². The number of ether oxygens (including phenoxy) is 1. The monoisotopic (exact) mass is 209 g/mol. The Morgan fingerprint density at radius 2 is 1.80 bits per heavy atom. The van der Waals surface area contributed by atoms with Crippen LogP contribution in [-0.2, 0) is 9.53 Å². The second-order valence-corrected chi connectivity index (χ2v) is 4.64. The van der Waals surface area contributed by atoms with Gasteiger partial charge in [-0.05, 0) is 37.2 Å². The Labute approximate surface area is 91.1 Å². The van der Waals surface area contributed by atoms with Crippen molar-refractivity contribution in [3.8, 4) is 0 Å². The fraction of sp³-hybridized carbons (Fsp3) is 0.750. The second kappa shape index (κ2) is 4.35. The molecule has 2 fully saturated rings. The van der Waals surface area contributed by atoms with Crippen molar-refractivity contribution in [1.29, 1.82) is 0 Å². The number of hydrogen-bond donors (Lipinski definition) is 0. The Kier molecular flexibility index (Phi) is 3.10. The average molecular weight is 209 g/mol. The van der Waals surface area contributed by atoms with Crippen molar-refractivity contribution in [1.82, 2.24) is 4.90 Å². The van der Waals surface area contributed by atoms with Gasteiger partial charge in [-0.1, -0.05) is 6.58 Å². The van der Waals surface area contributed by atoms with Crippen LogP contribution in [0.5, 0.6) is 0 Å². The third kappa shape index (κ3) is 2.23. The van der Waals surface area contributed by atoms with Crippen LogP contribution < -0.4 is 0 Å². The molecule has 3 nitrogen and oxygen atoms in total. The van der Waals surface area contributed by atoms with Gasteiger partial charge in [0.05, 0.1) is 0 Å². The molecule has 0 aromatic rings. The molecular formula is C12H19NO2. The first-order valence-electron chi connectivity index (χ1n) is 5.75. The zero-order valence-electron chi connectivity index (χ0n) is 9.21. The molecule has 0 aromatic carbocycles. The Morgan fingerprint density at radius 3 is 2.33 bits per heavy atom. The summed E-state index contributed by atoms with van der Waals surface area (Å²) in [6.45, 7) is 7.11. The maximum absolute atomic E-state index is 11.4. The SMILES string of the molecule is C=CC(=O)N1CCC2(CCOCC2)CC1. The van der Waals surface area contributed by atoms with Crippen molar-refractivity contribution in [2.75, 3.05) is 26.3 Å². The molecule has 15 heavy (non-hydrogen) atoms. The molecule has 1 amide bonds. The molecule has 3 heteroatoms. The minimum Gasteiger partial charge on any atom is -0.381 e. The van der Waals surface area contributed by atoms with Crippen molar-refractivity contribution in [3.05, 3.63) is 12.7 Å². The highest BCUT2D eigenvalue weighted by atomic mass is 16.5. The molecule has 2 aliphatic rings. The lowest BCUT2D eigenvalue weighted by molar-refractivity contribution is -0.129. The fourth-order valence-corrected chi connectivity index (χ4v) is 2.63. The Hall–Kier alpha value is -0.830. The summed E-state index contributed by atoms with van der Waals surface area (Å²) in [6.07, 6.45) is 6.03. The van der Waals surface area contributed by atoms with Gasteiger partial charge >= 0.3 is 0 Å². The molecule has 0 radical (unpaired) electrons. The summed E-state index contributed by atoms with van der Waals surface area (Å²) in [4.78, 5) is 13.3. The summed E-state index contributed by atoms with van der Waals surface area (Å²) in [6, 6.07) is 0. The quantitative estimate of drug-likeness (QED) is 0.614. The van der Waals surface area contributed by atoms with Crippen LogP contribution in [0, 0.1) is 5.41 Å². The number of nitrogens with zero attached hydrogens (tertiary/aromatic N) is 1. The third-order valence-corrected chi connectivity index (χ3v) is 3.86. The molecule has 2 heterocycles. The number of rotatable bonds is 1. The van der Waals surface area contributed by atoms with E-state index in [1.807, 2.05) is 4.90 Å². The molecule has 2 aliphatic heterocycles. The van der Waals surface area contributed by atoms with Crippen LogP contribution in [-0.4, -0.2) is 37.1 Å². The lowest BCUT2D eigenvalue weighted by atomic mass is 9.72. The predicted molar refractivity (Wildman–Crippen MR) is 58.5 cm³/mol. The van der Waals surface area contributed by atoms with E-state index < -0.39 is 0 Å². The van der Waals surface area contributed by atoms with Crippen LogP contribution in [0.25, 0.3) is 0 Å². The van der Waals surface area contributed by atoms with E-state index in [4.69, 9.17) is 4.74 Å². The van der Waals surface area contributed by atoms with Gasteiger partial charge in [-0.3, -0.25) is 4.79 Å². The van der Waals surface area contributed by atoms with Crippen molar-refractivity contribution in [2.24, 2.45) is 5.41 Å². The molecule has 84 valence electrons. The zero-order valence-corrected chi connectivity index (χ0v) is 9.21. The minimum atomic E-state index is 0.0805. The van der Waals surface area contributed by atoms with Crippen molar-refractivity contribution in [3.63, 3.8) is 0 Å². The largest absolute Gasteiger partial charge is 0.381 e. The van der Waals surface area contributed by atoms with E-state index >= 15 is 0 Å². The van der Waals surface area contributed by atoms with Crippen LogP contribution in [0.2, 0.25) is 0 Å². The van der Waals surface area contributed by atoms with Crippen LogP contribution in [0.4, 0.5) is 0 Å². The summed E-state index contributed by atoms with van der Waals surface area (Å²) in [5.41, 5.74) is 0.468. The highest BCUT2D eigenvalue weighted by Gasteiger charge is 2.36. The van der Waals surface area contributed by atoms with Gasteiger partial charge in [0, 0.05) is 26.3 Å². The number of carbonyl (C=O) groups excluding carboxylic acids is 1. The summed E-state index contributed by atoms with van der Waals surface area (Å²) in [5, 5.41) is 0. The standard InChI is InChI=1S/C12H19NO2/c1-2-11(14)13-7-3-12(4-8-13)5-9-15-10-6-12/h2H,1,3-10H2. The van der Waals surface area contributed by atoms with Crippen LogP contribution >= 0.6 is 0 Å². The normalized spacial score (nSPS) is 25.2. The van der Waals surface area contributed by atoms with E-state index in [2.05, 4.69) is 6.58 Å². The average Bonchev–Trinajstić information content (AvgIpc) is 2.30. The van der Waals surface area contributed by atoms with E-state index in [-0.39, 0.29) is 5.91 Å². The molecule has 0 N–H and O–H groups in total. The number of likely N-dealkylation sites (tertiary alicyclic amines) is 1. The third-order valence-electron chi connectivity index (χ3n) is 3.86. The summed E-state index contributed by atoms with van der Waals surface area (Å²) in [5.74, 6) is 0.0805. The van der Waals surface area contributed by atoms with Crippen molar-refractivity contribution >= 4 is 5.91 Å². The van der Waals surface area contributed by atoms with Gasteiger partial charge in [0.1, 0.15) is 0 Å². The first kappa shape index (κ1) is 10.7. The van der Waals surface area contributed by atoms with E-state index in [0.29, 0.717) is 5.41 Å². The van der Waals surface area contributed by atoms with E-state index in [9.17, 15) is 4.79 Å². The van der Waals surface area contributed by atoms with Gasteiger partial charge in [0.2, 0.25) is 5.91 Å². The number of piperidine rings is 1. The number of hydrogen-bond acceptors (Lipinski definition) is 2. The Balaban J connectivity index is 1.90. The minimum absolute atomic E-state index is 0.0805. The van der Waals surface area contributed by atoms with Crippen LogP contribution in [0.15, 0.2) is 12.7 Å². The van der Waals surface area contributed by atoms with Gasteiger partial charge in [0.25, 0.3) is 0 Å². The van der Waals surface area contributed by atoms with Crippen LogP contribution in [0.3, 0.4) is 0 Å². The topological polar surface area (TPSA) is 29.5 Å². The predicted octanol–water partition coefficient (Wildman–Crippen LogP) is 1.59. The molecule has 0 saturated carbocycles. The number of amides is 1. The molecule has 2 saturated heterocycles. The molecule has 0 aromatic heterocycles. The lowest BCUT2D eigenvalue weighted by Crippen LogP contribution is -2.44. The summed E-state index contributed by atoms with van der Waals surface area (Å²) >= 11 is 0. The number of carbonyl (C=O) groups is 1. The van der Waals surface area contributed by atoms with E-state index in [1.165, 1.54) is 18.9 Å². The summed E-state index contributed by atoms with van der Waals surface area (Å²) in [7, 11) is 0. The van der Waals surface area contributed by atoms with Gasteiger partial charge in [-0.15, -0.1) is 0 Å². The van der Waals surface area contributed by atoms with Gasteiger partial charge in [-0.25, -0.2) is 0 Å². The highest BCUT2D eigenvalue weighted by molar-refractivity contribution is 5.87.